The maximum atomic E-state index is 12.3. The maximum Gasteiger partial charge on any atom is 0.335 e. The van der Waals surface area contributed by atoms with Crippen LogP contribution in [0.4, 0.5) is 0 Å². The van der Waals surface area contributed by atoms with E-state index in [2.05, 4.69) is 13.5 Å². The van der Waals surface area contributed by atoms with Gasteiger partial charge in [-0.1, -0.05) is 51.3 Å². The van der Waals surface area contributed by atoms with Crippen molar-refractivity contribution in [1.82, 2.24) is 0 Å². The topological polar surface area (TPSA) is 63.6 Å². The third-order valence-electron chi connectivity index (χ3n) is 5.08. The van der Waals surface area contributed by atoms with E-state index in [1.807, 2.05) is 0 Å². The summed E-state index contributed by atoms with van der Waals surface area (Å²) in [4.78, 5) is 23.2. The van der Waals surface area contributed by atoms with Crippen LogP contribution in [0, 0.1) is 11.8 Å². The average molecular weight is 344 g/mol. The van der Waals surface area contributed by atoms with Gasteiger partial charge in [0.2, 0.25) is 0 Å². The van der Waals surface area contributed by atoms with Gasteiger partial charge in [0.05, 0.1) is 11.5 Å². The lowest BCUT2D eigenvalue weighted by atomic mass is 9.80. The molecular weight excluding hydrogens is 316 g/mol. The summed E-state index contributed by atoms with van der Waals surface area (Å²) in [6.45, 7) is 5.73. The molecule has 1 aromatic carbocycles. The fraction of sp³-hybridized carbons (Fsp3) is 0.524. The van der Waals surface area contributed by atoms with Crippen molar-refractivity contribution >= 4 is 17.5 Å². The molecule has 0 heterocycles. The summed E-state index contributed by atoms with van der Waals surface area (Å²) in [5.41, 5.74) is 0.541. The molecule has 0 amide bonds. The van der Waals surface area contributed by atoms with Crippen molar-refractivity contribution in [2.24, 2.45) is 11.8 Å². The van der Waals surface area contributed by atoms with Crippen LogP contribution in [0.25, 0.3) is 5.57 Å². The number of carbonyl (C=O) groups is 2. The first kappa shape index (κ1) is 19.2. The minimum absolute atomic E-state index is 0.0175. The lowest BCUT2D eigenvalue weighted by molar-refractivity contribution is -0.140. The molecule has 0 unspecified atom stereocenters. The Bertz CT molecular complexity index is 595. The summed E-state index contributed by atoms with van der Waals surface area (Å²) in [6.07, 6.45) is 9.16. The van der Waals surface area contributed by atoms with E-state index >= 15 is 0 Å². The molecule has 1 N–H and O–H groups in total. The quantitative estimate of drug-likeness (QED) is 0.309. The zero-order valence-corrected chi connectivity index (χ0v) is 15.0. The van der Waals surface area contributed by atoms with E-state index in [1.165, 1.54) is 25.7 Å². The number of benzene rings is 1. The van der Waals surface area contributed by atoms with Gasteiger partial charge in [-0.15, -0.1) is 0 Å². The van der Waals surface area contributed by atoms with Crippen molar-refractivity contribution in [3.05, 3.63) is 36.4 Å². The van der Waals surface area contributed by atoms with Gasteiger partial charge >= 0.3 is 11.9 Å². The van der Waals surface area contributed by atoms with Crippen molar-refractivity contribution < 1.29 is 19.4 Å². The summed E-state index contributed by atoms with van der Waals surface area (Å²) in [6, 6.07) is 6.48. The third kappa shape index (κ3) is 5.73. The van der Waals surface area contributed by atoms with E-state index < -0.39 is 5.97 Å². The normalized spacial score (nSPS) is 20.0. The molecule has 1 saturated carbocycles. The minimum atomic E-state index is -1.06. The van der Waals surface area contributed by atoms with Gasteiger partial charge in [-0.25, -0.2) is 4.79 Å². The van der Waals surface area contributed by atoms with Crippen LogP contribution in [-0.4, -0.2) is 17.0 Å². The van der Waals surface area contributed by atoms with E-state index in [4.69, 9.17) is 9.84 Å². The van der Waals surface area contributed by atoms with Gasteiger partial charge in [0.25, 0.3) is 0 Å². The van der Waals surface area contributed by atoms with Gasteiger partial charge in [0, 0.05) is 0 Å². The SMILES string of the molecule is C=C(C(=O)O)c1ccc(OC(=O)C2CCC(CCCCC)CC2)cc1. The highest BCUT2D eigenvalue weighted by atomic mass is 16.5. The van der Waals surface area contributed by atoms with Gasteiger partial charge in [-0.05, 0) is 49.3 Å². The van der Waals surface area contributed by atoms with Gasteiger partial charge in [-0.2, -0.15) is 0 Å². The van der Waals surface area contributed by atoms with Gasteiger partial charge in [0.15, 0.2) is 0 Å². The molecule has 25 heavy (non-hydrogen) atoms. The fourth-order valence-electron chi connectivity index (χ4n) is 3.42. The summed E-state index contributed by atoms with van der Waals surface area (Å²) in [7, 11) is 0. The molecule has 0 atom stereocenters. The van der Waals surface area contributed by atoms with Crippen molar-refractivity contribution in [2.45, 2.75) is 58.3 Å². The molecule has 1 aliphatic rings. The van der Waals surface area contributed by atoms with Gasteiger partial charge in [0.1, 0.15) is 5.75 Å². The highest BCUT2D eigenvalue weighted by Crippen LogP contribution is 2.33. The number of unbranched alkanes of at least 4 members (excludes halogenated alkanes) is 2. The first-order chi connectivity index (χ1) is 12.0. The standard InChI is InChI=1S/C21H28O4/c1-3-4-5-6-16-7-9-18(10-8-16)21(24)25-19-13-11-17(12-14-19)15(2)20(22)23/h11-14,16,18H,2-10H2,1H3,(H,22,23). The number of carbonyl (C=O) groups excluding carboxylic acids is 1. The van der Waals surface area contributed by atoms with Crippen LogP contribution in [0.2, 0.25) is 0 Å². The summed E-state index contributed by atoms with van der Waals surface area (Å²) in [5.74, 6) is -0.0257. The summed E-state index contributed by atoms with van der Waals surface area (Å²) < 4.78 is 5.47. The molecular formula is C21H28O4. The number of ether oxygens (including phenoxy) is 1. The lowest BCUT2D eigenvalue weighted by Crippen LogP contribution is -2.25. The van der Waals surface area contributed by atoms with Crippen molar-refractivity contribution in [2.75, 3.05) is 0 Å². The first-order valence-electron chi connectivity index (χ1n) is 9.25. The fourth-order valence-corrected chi connectivity index (χ4v) is 3.42. The molecule has 4 nitrogen and oxygen atoms in total. The zero-order chi connectivity index (χ0) is 18.2. The monoisotopic (exact) mass is 344 g/mol. The Morgan fingerprint density at radius 3 is 2.32 bits per heavy atom. The Balaban J connectivity index is 1.80. The highest BCUT2D eigenvalue weighted by molar-refractivity contribution is 6.14. The second-order valence-corrected chi connectivity index (χ2v) is 6.94. The molecule has 1 aromatic rings. The van der Waals surface area contributed by atoms with Crippen LogP contribution in [0.1, 0.15) is 63.9 Å². The number of carboxylic acids is 1. The molecule has 2 rings (SSSR count). The zero-order valence-electron chi connectivity index (χ0n) is 15.0. The average Bonchev–Trinajstić information content (AvgIpc) is 2.62. The van der Waals surface area contributed by atoms with Crippen LogP contribution in [-0.2, 0) is 9.59 Å². The number of aliphatic carboxylic acids is 1. The molecule has 0 aromatic heterocycles. The molecule has 0 aliphatic heterocycles. The number of carboxylic acid groups (broad SMARTS) is 1. The second kappa shape index (κ2) is 9.40. The summed E-state index contributed by atoms with van der Waals surface area (Å²) in [5, 5.41) is 8.92. The molecule has 1 aliphatic carbocycles. The van der Waals surface area contributed by atoms with Crippen LogP contribution >= 0.6 is 0 Å². The molecule has 0 bridgehead atoms. The van der Waals surface area contributed by atoms with Gasteiger partial charge < -0.3 is 9.84 Å². The third-order valence-corrected chi connectivity index (χ3v) is 5.08. The Kier molecular flexibility index (Phi) is 7.23. The second-order valence-electron chi connectivity index (χ2n) is 6.94. The molecule has 136 valence electrons. The molecule has 0 saturated heterocycles. The van der Waals surface area contributed by atoms with E-state index in [1.54, 1.807) is 24.3 Å². The van der Waals surface area contributed by atoms with Gasteiger partial charge in [-0.3, -0.25) is 4.79 Å². The Morgan fingerprint density at radius 1 is 1.12 bits per heavy atom. The summed E-state index contributed by atoms with van der Waals surface area (Å²) >= 11 is 0. The van der Waals surface area contributed by atoms with Crippen LogP contribution in [0.3, 0.4) is 0 Å². The predicted octanol–water partition coefficient (Wildman–Crippen LogP) is 5.08. The van der Waals surface area contributed by atoms with E-state index in [-0.39, 0.29) is 17.5 Å². The molecule has 0 radical (unpaired) electrons. The highest BCUT2D eigenvalue weighted by Gasteiger charge is 2.27. The maximum absolute atomic E-state index is 12.3. The number of hydrogen-bond donors (Lipinski definition) is 1. The van der Waals surface area contributed by atoms with Crippen molar-refractivity contribution in [3.8, 4) is 5.75 Å². The Labute approximate surface area is 149 Å². The number of esters is 1. The predicted molar refractivity (Wildman–Crippen MR) is 98.3 cm³/mol. The van der Waals surface area contributed by atoms with Crippen LogP contribution in [0.5, 0.6) is 5.75 Å². The first-order valence-corrected chi connectivity index (χ1v) is 9.25. The smallest absolute Gasteiger partial charge is 0.335 e. The van der Waals surface area contributed by atoms with Crippen molar-refractivity contribution in [3.63, 3.8) is 0 Å². The number of rotatable bonds is 8. The van der Waals surface area contributed by atoms with Crippen LogP contribution in [0.15, 0.2) is 30.8 Å². The van der Waals surface area contributed by atoms with Crippen molar-refractivity contribution in [1.29, 1.82) is 0 Å². The molecule has 4 heteroatoms. The molecule has 0 spiro atoms. The number of hydrogen-bond acceptors (Lipinski definition) is 3. The Morgan fingerprint density at radius 2 is 1.76 bits per heavy atom. The van der Waals surface area contributed by atoms with E-state index in [0.717, 1.165) is 31.6 Å². The van der Waals surface area contributed by atoms with E-state index in [0.29, 0.717) is 11.3 Å². The lowest BCUT2D eigenvalue weighted by Gasteiger charge is -2.27. The largest absolute Gasteiger partial charge is 0.478 e. The minimum Gasteiger partial charge on any atom is -0.478 e. The Hall–Kier alpha value is -2.10. The molecule has 1 fully saturated rings. The van der Waals surface area contributed by atoms with E-state index in [9.17, 15) is 9.59 Å². The van der Waals surface area contributed by atoms with Crippen LogP contribution < -0.4 is 4.74 Å².